The predicted molar refractivity (Wildman–Crippen MR) is 63.3 cm³/mol. The Balaban J connectivity index is 2.26. The van der Waals surface area contributed by atoms with Crippen LogP contribution in [0.3, 0.4) is 0 Å². The molecule has 0 saturated heterocycles. The Kier molecular flexibility index (Phi) is 1.86. The molecule has 0 radical (unpaired) electrons. The minimum atomic E-state index is 0.697. The molecule has 4 nitrogen and oxygen atoms in total. The fourth-order valence-electron chi connectivity index (χ4n) is 1.71. The van der Waals surface area contributed by atoms with Crippen molar-refractivity contribution in [1.29, 1.82) is 0 Å². The molecule has 3 rings (SSSR count). The average molecular weight is 210 g/mol. The SMILES string of the molecule is Nc1ccnc(-n2cnc3ccccc32)c1. The molecule has 0 atom stereocenters. The third-order valence-electron chi connectivity index (χ3n) is 2.47. The molecule has 0 aliphatic rings. The highest BCUT2D eigenvalue weighted by Gasteiger charge is 2.04. The number of anilines is 1. The Bertz CT molecular complexity index is 642. The number of benzene rings is 1. The van der Waals surface area contributed by atoms with Gasteiger partial charge in [-0.2, -0.15) is 0 Å². The first-order valence-corrected chi connectivity index (χ1v) is 4.98. The molecule has 0 spiro atoms. The number of pyridine rings is 1. The third-order valence-corrected chi connectivity index (χ3v) is 2.47. The maximum absolute atomic E-state index is 5.74. The van der Waals surface area contributed by atoms with E-state index < -0.39 is 0 Å². The standard InChI is InChI=1S/C12H10N4/c13-9-5-6-14-12(7-9)16-8-15-10-3-1-2-4-11(10)16/h1-8H,(H2,13,14). The Labute approximate surface area is 92.4 Å². The van der Waals surface area contributed by atoms with E-state index in [2.05, 4.69) is 9.97 Å². The van der Waals surface area contributed by atoms with E-state index in [0.29, 0.717) is 5.69 Å². The molecule has 0 unspecified atom stereocenters. The summed E-state index contributed by atoms with van der Waals surface area (Å²) in [6, 6.07) is 11.5. The smallest absolute Gasteiger partial charge is 0.140 e. The van der Waals surface area contributed by atoms with Gasteiger partial charge in [0.05, 0.1) is 11.0 Å². The minimum absolute atomic E-state index is 0.697. The van der Waals surface area contributed by atoms with E-state index in [1.807, 2.05) is 34.9 Å². The van der Waals surface area contributed by atoms with E-state index in [0.717, 1.165) is 16.9 Å². The molecule has 16 heavy (non-hydrogen) atoms. The van der Waals surface area contributed by atoms with Crippen LogP contribution in [0.1, 0.15) is 0 Å². The van der Waals surface area contributed by atoms with Gasteiger partial charge in [0.25, 0.3) is 0 Å². The summed E-state index contributed by atoms with van der Waals surface area (Å²) in [5.41, 5.74) is 8.41. The molecule has 0 amide bonds. The largest absolute Gasteiger partial charge is 0.399 e. The van der Waals surface area contributed by atoms with Crippen molar-refractivity contribution >= 4 is 16.7 Å². The van der Waals surface area contributed by atoms with Crippen molar-refractivity contribution in [3.05, 3.63) is 48.9 Å². The van der Waals surface area contributed by atoms with E-state index in [1.54, 1.807) is 18.6 Å². The van der Waals surface area contributed by atoms with Crippen LogP contribution in [-0.2, 0) is 0 Å². The summed E-state index contributed by atoms with van der Waals surface area (Å²) in [4.78, 5) is 8.58. The third kappa shape index (κ3) is 1.32. The average Bonchev–Trinajstić information content (AvgIpc) is 2.72. The van der Waals surface area contributed by atoms with Crippen molar-refractivity contribution in [2.75, 3.05) is 5.73 Å². The lowest BCUT2D eigenvalue weighted by molar-refractivity contribution is 1.02. The molecular formula is C12H10N4. The number of aromatic nitrogens is 3. The molecule has 2 N–H and O–H groups in total. The Morgan fingerprint density at radius 2 is 1.94 bits per heavy atom. The quantitative estimate of drug-likeness (QED) is 0.668. The summed E-state index contributed by atoms with van der Waals surface area (Å²) in [6.07, 6.45) is 3.45. The van der Waals surface area contributed by atoms with Crippen molar-refractivity contribution in [1.82, 2.24) is 14.5 Å². The highest BCUT2D eigenvalue weighted by Crippen LogP contribution is 2.17. The zero-order valence-corrected chi connectivity index (χ0v) is 8.54. The molecular weight excluding hydrogens is 200 g/mol. The van der Waals surface area contributed by atoms with Crippen molar-refractivity contribution < 1.29 is 0 Å². The summed E-state index contributed by atoms with van der Waals surface area (Å²) in [5.74, 6) is 0.786. The number of nitrogens with zero attached hydrogens (tertiary/aromatic N) is 3. The molecule has 0 fully saturated rings. The van der Waals surface area contributed by atoms with Gasteiger partial charge in [-0.05, 0) is 18.2 Å². The summed E-state index contributed by atoms with van der Waals surface area (Å²) in [7, 11) is 0. The van der Waals surface area contributed by atoms with Crippen molar-refractivity contribution in [2.45, 2.75) is 0 Å². The maximum Gasteiger partial charge on any atom is 0.140 e. The summed E-state index contributed by atoms with van der Waals surface area (Å²) in [6.45, 7) is 0. The van der Waals surface area contributed by atoms with Gasteiger partial charge in [-0.1, -0.05) is 12.1 Å². The van der Waals surface area contributed by atoms with Gasteiger partial charge in [-0.3, -0.25) is 4.57 Å². The van der Waals surface area contributed by atoms with Gasteiger partial charge in [0.1, 0.15) is 12.1 Å². The van der Waals surface area contributed by atoms with Crippen molar-refractivity contribution in [3.8, 4) is 5.82 Å². The van der Waals surface area contributed by atoms with Gasteiger partial charge in [0.15, 0.2) is 0 Å². The van der Waals surface area contributed by atoms with Crippen LogP contribution in [0.15, 0.2) is 48.9 Å². The number of nitrogen functional groups attached to an aromatic ring is 1. The second-order valence-electron chi connectivity index (χ2n) is 3.55. The monoisotopic (exact) mass is 210 g/mol. The number of imidazole rings is 1. The van der Waals surface area contributed by atoms with Crippen LogP contribution in [-0.4, -0.2) is 14.5 Å². The normalized spacial score (nSPS) is 10.8. The van der Waals surface area contributed by atoms with Crippen LogP contribution >= 0.6 is 0 Å². The lowest BCUT2D eigenvalue weighted by Gasteiger charge is -2.03. The van der Waals surface area contributed by atoms with Gasteiger partial charge in [0.2, 0.25) is 0 Å². The lowest BCUT2D eigenvalue weighted by Crippen LogP contribution is -1.96. The van der Waals surface area contributed by atoms with Crippen LogP contribution in [0, 0.1) is 0 Å². The Hall–Kier alpha value is -2.36. The number of rotatable bonds is 1. The molecule has 0 bridgehead atoms. The van der Waals surface area contributed by atoms with Gasteiger partial charge < -0.3 is 5.73 Å². The first kappa shape index (κ1) is 8.91. The number of hydrogen-bond donors (Lipinski definition) is 1. The Morgan fingerprint density at radius 1 is 1.06 bits per heavy atom. The fourth-order valence-corrected chi connectivity index (χ4v) is 1.71. The molecule has 0 saturated carbocycles. The predicted octanol–water partition coefficient (Wildman–Crippen LogP) is 2.00. The highest BCUT2D eigenvalue weighted by atomic mass is 15.1. The molecule has 0 aliphatic heterocycles. The second kappa shape index (κ2) is 3.34. The van der Waals surface area contributed by atoms with Gasteiger partial charge in [-0.15, -0.1) is 0 Å². The van der Waals surface area contributed by atoms with E-state index in [4.69, 9.17) is 5.73 Å². The summed E-state index contributed by atoms with van der Waals surface area (Å²) >= 11 is 0. The van der Waals surface area contributed by atoms with Crippen LogP contribution in [0.4, 0.5) is 5.69 Å². The number of hydrogen-bond acceptors (Lipinski definition) is 3. The number of para-hydroxylation sites is 2. The van der Waals surface area contributed by atoms with Crippen LogP contribution in [0.5, 0.6) is 0 Å². The van der Waals surface area contributed by atoms with Gasteiger partial charge >= 0.3 is 0 Å². The van der Waals surface area contributed by atoms with E-state index in [-0.39, 0.29) is 0 Å². The molecule has 4 heteroatoms. The zero-order valence-electron chi connectivity index (χ0n) is 8.54. The van der Waals surface area contributed by atoms with Crippen LogP contribution < -0.4 is 5.73 Å². The number of fused-ring (bicyclic) bond motifs is 1. The topological polar surface area (TPSA) is 56.7 Å². The molecule has 3 aromatic rings. The van der Waals surface area contributed by atoms with Gasteiger partial charge in [0, 0.05) is 18.0 Å². The molecule has 0 aliphatic carbocycles. The zero-order chi connectivity index (χ0) is 11.0. The summed E-state index contributed by atoms with van der Waals surface area (Å²) in [5, 5.41) is 0. The first-order valence-electron chi connectivity index (χ1n) is 4.98. The maximum atomic E-state index is 5.74. The summed E-state index contributed by atoms with van der Waals surface area (Å²) < 4.78 is 1.92. The molecule has 2 aromatic heterocycles. The number of nitrogens with two attached hydrogens (primary N) is 1. The fraction of sp³-hybridized carbons (Fsp3) is 0. The van der Waals surface area contributed by atoms with Crippen LogP contribution in [0.25, 0.3) is 16.9 Å². The second-order valence-corrected chi connectivity index (χ2v) is 3.55. The van der Waals surface area contributed by atoms with Crippen molar-refractivity contribution in [2.24, 2.45) is 0 Å². The molecule has 2 heterocycles. The Morgan fingerprint density at radius 3 is 2.81 bits per heavy atom. The highest BCUT2D eigenvalue weighted by molar-refractivity contribution is 5.76. The first-order chi connectivity index (χ1) is 7.84. The molecule has 1 aromatic carbocycles. The molecule has 78 valence electrons. The van der Waals surface area contributed by atoms with Gasteiger partial charge in [-0.25, -0.2) is 9.97 Å². The lowest BCUT2D eigenvalue weighted by atomic mass is 10.3. The van der Waals surface area contributed by atoms with E-state index in [1.165, 1.54) is 0 Å². The van der Waals surface area contributed by atoms with Crippen LogP contribution in [0.2, 0.25) is 0 Å². The van der Waals surface area contributed by atoms with Crippen molar-refractivity contribution in [3.63, 3.8) is 0 Å². The minimum Gasteiger partial charge on any atom is -0.399 e. The van der Waals surface area contributed by atoms with E-state index in [9.17, 15) is 0 Å². The van der Waals surface area contributed by atoms with E-state index >= 15 is 0 Å².